The number of allylic oxidation sites excluding steroid dienone is 2. The molecular weight excluding hydrogens is 460 g/mol. The second-order valence-electron chi connectivity index (χ2n) is 8.02. The lowest BCUT2D eigenvalue weighted by Gasteiger charge is -2.33. The summed E-state index contributed by atoms with van der Waals surface area (Å²) in [6, 6.07) is -0.884. The summed E-state index contributed by atoms with van der Waals surface area (Å²) >= 11 is 0. The van der Waals surface area contributed by atoms with Gasteiger partial charge in [0, 0.05) is 26.7 Å². The second-order valence-corrected chi connectivity index (χ2v) is 8.02. The first-order chi connectivity index (χ1) is 16.6. The Morgan fingerprint density at radius 1 is 0.914 bits per heavy atom. The molecule has 1 fully saturated rings. The van der Waals surface area contributed by atoms with Crippen LogP contribution in [-0.2, 0) is 28.0 Å². The lowest BCUT2D eigenvalue weighted by atomic mass is 10.1. The second kappa shape index (κ2) is 12.0. The van der Waals surface area contributed by atoms with Crippen molar-refractivity contribution in [3.8, 4) is 5.88 Å². The number of aliphatic carboxylic acids is 1. The highest BCUT2D eigenvalue weighted by atomic mass is 16.4. The van der Waals surface area contributed by atoms with Crippen molar-refractivity contribution in [1.82, 2.24) is 18.9 Å². The van der Waals surface area contributed by atoms with Crippen molar-refractivity contribution >= 4 is 29.9 Å². The van der Waals surface area contributed by atoms with E-state index in [1.54, 1.807) is 0 Å². The number of imide groups is 2. The van der Waals surface area contributed by atoms with Crippen LogP contribution >= 0.6 is 0 Å². The number of hydrogen-bond donors (Lipinski definition) is 2. The molecule has 2 rings (SSSR count). The molecule has 35 heavy (non-hydrogen) atoms. The molecule has 0 aliphatic carbocycles. The highest BCUT2D eigenvalue weighted by molar-refractivity contribution is 6.28. The van der Waals surface area contributed by atoms with Gasteiger partial charge in [-0.3, -0.25) is 38.1 Å². The van der Waals surface area contributed by atoms with Crippen LogP contribution in [0, 0.1) is 0 Å². The molecule has 0 atom stereocenters. The lowest BCUT2D eigenvalue weighted by molar-refractivity contribution is -0.138. The number of carboxylic acid groups (broad SMARTS) is 1. The number of amides is 4. The van der Waals surface area contributed by atoms with Gasteiger partial charge in [0.2, 0.25) is 5.88 Å². The first kappa shape index (κ1) is 27.3. The van der Waals surface area contributed by atoms with E-state index in [9.17, 15) is 33.9 Å². The maximum Gasteiger partial charge on any atom is 0.333 e. The molecule has 0 spiro atoms. The number of unbranched alkanes of at least 4 members (excludes halogenated alkanes) is 2. The van der Waals surface area contributed by atoms with E-state index in [1.165, 1.54) is 19.2 Å². The molecule has 1 aliphatic heterocycles. The Hall–Kier alpha value is -3.96. The SMILES string of the molecule is CCCCN1C(=O)/C(=C/C=C/c2c(O)n(C)c(=O)n(CCCC)c2=O)C(=O)N(CCC(=O)O)C1=O. The van der Waals surface area contributed by atoms with Gasteiger partial charge in [0.25, 0.3) is 17.4 Å². The third kappa shape index (κ3) is 5.94. The van der Waals surface area contributed by atoms with Crippen molar-refractivity contribution in [1.29, 1.82) is 0 Å². The minimum atomic E-state index is -1.21. The van der Waals surface area contributed by atoms with Gasteiger partial charge in [-0.2, -0.15) is 0 Å². The molecular formula is C23H30N4O8. The van der Waals surface area contributed by atoms with E-state index in [4.69, 9.17) is 5.11 Å². The molecule has 0 radical (unpaired) electrons. The maximum atomic E-state index is 12.9. The van der Waals surface area contributed by atoms with Gasteiger partial charge in [-0.1, -0.05) is 32.8 Å². The summed E-state index contributed by atoms with van der Waals surface area (Å²) in [4.78, 5) is 76.0. The van der Waals surface area contributed by atoms with Gasteiger partial charge >= 0.3 is 17.7 Å². The van der Waals surface area contributed by atoms with Crippen molar-refractivity contribution < 1.29 is 29.4 Å². The van der Waals surface area contributed by atoms with Crippen LogP contribution in [0.1, 0.15) is 51.5 Å². The predicted octanol–water partition coefficient (Wildman–Crippen LogP) is 1.06. The normalized spacial score (nSPS) is 15.6. The van der Waals surface area contributed by atoms with Crippen molar-refractivity contribution in [2.75, 3.05) is 13.1 Å². The minimum absolute atomic E-state index is 0.0514. The van der Waals surface area contributed by atoms with Crippen LogP contribution in [0.5, 0.6) is 5.88 Å². The molecule has 190 valence electrons. The molecule has 0 bridgehead atoms. The Bertz CT molecular complexity index is 1190. The summed E-state index contributed by atoms with van der Waals surface area (Å²) in [7, 11) is 1.31. The highest BCUT2D eigenvalue weighted by Crippen LogP contribution is 2.19. The van der Waals surface area contributed by atoms with Crippen LogP contribution in [0.4, 0.5) is 4.79 Å². The topological polar surface area (TPSA) is 159 Å². The average molecular weight is 491 g/mol. The van der Waals surface area contributed by atoms with Crippen molar-refractivity contribution in [2.24, 2.45) is 7.05 Å². The average Bonchev–Trinajstić information content (AvgIpc) is 2.81. The molecule has 0 unspecified atom stereocenters. The third-order valence-electron chi connectivity index (χ3n) is 5.51. The largest absolute Gasteiger partial charge is 0.494 e. The van der Waals surface area contributed by atoms with E-state index in [0.717, 1.165) is 26.5 Å². The number of aromatic hydroxyl groups is 1. The molecule has 1 aromatic heterocycles. The van der Waals surface area contributed by atoms with Crippen LogP contribution in [-0.4, -0.2) is 66.1 Å². The number of hydrogen-bond acceptors (Lipinski definition) is 7. The van der Waals surface area contributed by atoms with Crippen LogP contribution in [0.2, 0.25) is 0 Å². The van der Waals surface area contributed by atoms with E-state index in [0.29, 0.717) is 24.2 Å². The van der Waals surface area contributed by atoms with Gasteiger partial charge in [-0.15, -0.1) is 0 Å². The van der Waals surface area contributed by atoms with Gasteiger partial charge in [0.15, 0.2) is 0 Å². The Labute approximate surface area is 201 Å². The standard InChI is InChI=1S/C23H30N4O8/c1-4-6-12-25-19(31)15(18(30)24(3)22(25)34)9-8-10-16-20(32)26(13-7-5-2)23(35)27(21(16)33)14-11-17(28)29/h8-10,30H,4-7,11-14H2,1-3H3,(H,28,29)/b9-8+,16-10-. The zero-order chi connectivity index (χ0) is 26.3. The smallest absolute Gasteiger partial charge is 0.333 e. The van der Waals surface area contributed by atoms with Crippen LogP contribution in [0.25, 0.3) is 6.08 Å². The molecule has 2 heterocycles. The first-order valence-corrected chi connectivity index (χ1v) is 11.4. The van der Waals surface area contributed by atoms with Gasteiger partial charge in [-0.25, -0.2) is 9.59 Å². The molecule has 2 N–H and O–H groups in total. The zero-order valence-corrected chi connectivity index (χ0v) is 20.0. The molecule has 1 saturated heterocycles. The summed E-state index contributed by atoms with van der Waals surface area (Å²) in [5, 5.41) is 19.3. The number of barbiturate groups is 1. The lowest BCUT2D eigenvalue weighted by Crippen LogP contribution is -2.56. The molecule has 4 amide bonds. The molecule has 1 aliphatic rings. The fourth-order valence-electron chi connectivity index (χ4n) is 3.44. The number of rotatable bonds is 11. The van der Waals surface area contributed by atoms with Crippen LogP contribution < -0.4 is 11.2 Å². The molecule has 12 heteroatoms. The van der Waals surface area contributed by atoms with Gasteiger partial charge in [-0.05, 0) is 25.0 Å². The van der Waals surface area contributed by atoms with Gasteiger partial charge in [0.05, 0.1) is 6.42 Å². The fourth-order valence-corrected chi connectivity index (χ4v) is 3.44. The number of carboxylic acids is 1. The van der Waals surface area contributed by atoms with E-state index >= 15 is 0 Å². The summed E-state index contributed by atoms with van der Waals surface area (Å²) in [5.74, 6) is -3.58. The summed E-state index contributed by atoms with van der Waals surface area (Å²) in [6.07, 6.45) is 5.46. The fraction of sp³-hybridized carbons (Fsp3) is 0.478. The number of carbonyl (C=O) groups is 4. The Kier molecular flexibility index (Phi) is 9.32. The molecule has 1 aromatic rings. The van der Waals surface area contributed by atoms with Crippen LogP contribution in [0.3, 0.4) is 0 Å². The van der Waals surface area contributed by atoms with Crippen molar-refractivity contribution in [3.63, 3.8) is 0 Å². The molecule has 0 aromatic carbocycles. The number of nitrogens with zero attached hydrogens (tertiary/aromatic N) is 4. The van der Waals surface area contributed by atoms with Gasteiger partial charge in [0.1, 0.15) is 11.1 Å². The highest BCUT2D eigenvalue weighted by Gasteiger charge is 2.41. The minimum Gasteiger partial charge on any atom is -0.494 e. The quantitative estimate of drug-likeness (QED) is 0.344. The van der Waals surface area contributed by atoms with E-state index in [2.05, 4.69) is 0 Å². The van der Waals surface area contributed by atoms with Crippen molar-refractivity contribution in [3.05, 3.63) is 44.1 Å². The number of urea groups is 1. The zero-order valence-electron chi connectivity index (χ0n) is 20.0. The first-order valence-electron chi connectivity index (χ1n) is 11.4. The third-order valence-corrected chi connectivity index (χ3v) is 5.51. The number of carbonyl (C=O) groups excluding carboxylic acids is 3. The Balaban J connectivity index is 2.49. The summed E-state index contributed by atoms with van der Waals surface area (Å²) < 4.78 is 1.91. The van der Waals surface area contributed by atoms with E-state index in [-0.39, 0.29) is 18.7 Å². The van der Waals surface area contributed by atoms with Crippen molar-refractivity contribution in [2.45, 2.75) is 52.5 Å². The molecule has 12 nitrogen and oxygen atoms in total. The monoisotopic (exact) mass is 490 g/mol. The molecule has 0 saturated carbocycles. The number of aromatic nitrogens is 2. The summed E-state index contributed by atoms with van der Waals surface area (Å²) in [6.45, 7) is 3.56. The van der Waals surface area contributed by atoms with Crippen LogP contribution in [0.15, 0.2) is 27.3 Å². The Morgan fingerprint density at radius 2 is 1.49 bits per heavy atom. The van der Waals surface area contributed by atoms with E-state index < -0.39 is 59.5 Å². The predicted molar refractivity (Wildman–Crippen MR) is 126 cm³/mol. The Morgan fingerprint density at radius 3 is 2.06 bits per heavy atom. The maximum absolute atomic E-state index is 12.9. The summed E-state index contributed by atoms with van der Waals surface area (Å²) in [5.41, 5.74) is -2.00. The van der Waals surface area contributed by atoms with E-state index in [1.807, 2.05) is 13.8 Å². The van der Waals surface area contributed by atoms with Gasteiger partial charge < -0.3 is 10.2 Å².